The highest BCUT2D eigenvalue weighted by Gasteiger charge is 2.25. The van der Waals surface area contributed by atoms with Gasteiger partial charge in [-0.2, -0.15) is 0 Å². The average molecular weight is 248 g/mol. The Kier molecular flexibility index (Phi) is 2.92. The number of halogens is 2. The largest absolute Gasteiger partial charge is 0.313 e. The molecule has 0 spiro atoms. The van der Waals surface area contributed by atoms with E-state index in [9.17, 15) is 17.2 Å². The van der Waals surface area contributed by atoms with Crippen molar-refractivity contribution in [3.63, 3.8) is 0 Å². The van der Waals surface area contributed by atoms with Gasteiger partial charge in [0, 0.05) is 25.2 Å². The van der Waals surface area contributed by atoms with Gasteiger partial charge in [0.15, 0.2) is 0 Å². The van der Waals surface area contributed by atoms with Crippen molar-refractivity contribution in [1.82, 2.24) is 10.0 Å². The highest BCUT2D eigenvalue weighted by atomic mass is 32.2. The average Bonchev–Trinajstić information content (AvgIpc) is 2.10. The first kappa shape index (κ1) is 11.4. The standard InChI is InChI=1S/C9H10F2N2O2S/c10-6-1-7(11)3-9(2-6)16(14,15)13-8-4-12-5-8/h1-3,8,12-13H,4-5H2. The molecule has 0 bridgehead atoms. The van der Waals surface area contributed by atoms with Crippen molar-refractivity contribution in [3.8, 4) is 0 Å². The van der Waals surface area contributed by atoms with Crippen LogP contribution in [0.2, 0.25) is 0 Å². The lowest BCUT2D eigenvalue weighted by atomic mass is 10.2. The molecule has 1 saturated heterocycles. The molecule has 0 aromatic heterocycles. The number of hydrogen-bond donors (Lipinski definition) is 2. The van der Waals surface area contributed by atoms with Crippen LogP contribution in [-0.2, 0) is 10.0 Å². The molecule has 1 aliphatic heterocycles. The molecule has 2 N–H and O–H groups in total. The second-order valence-corrected chi connectivity index (χ2v) is 5.30. The van der Waals surface area contributed by atoms with Gasteiger partial charge >= 0.3 is 0 Å². The Morgan fingerprint density at radius 2 is 1.75 bits per heavy atom. The summed E-state index contributed by atoms with van der Waals surface area (Å²) >= 11 is 0. The Labute approximate surface area is 91.7 Å². The van der Waals surface area contributed by atoms with Gasteiger partial charge in [-0.1, -0.05) is 0 Å². The number of nitrogens with one attached hydrogen (secondary N) is 2. The van der Waals surface area contributed by atoms with Gasteiger partial charge in [0.1, 0.15) is 11.6 Å². The maximum absolute atomic E-state index is 12.8. The second kappa shape index (κ2) is 4.08. The van der Waals surface area contributed by atoms with Crippen LogP contribution in [0, 0.1) is 11.6 Å². The van der Waals surface area contributed by atoms with E-state index in [-0.39, 0.29) is 6.04 Å². The van der Waals surface area contributed by atoms with E-state index in [0.29, 0.717) is 19.2 Å². The summed E-state index contributed by atoms with van der Waals surface area (Å²) in [6.45, 7) is 1.05. The van der Waals surface area contributed by atoms with E-state index in [1.54, 1.807) is 0 Å². The minimum absolute atomic E-state index is 0.212. The van der Waals surface area contributed by atoms with Gasteiger partial charge in [-0.25, -0.2) is 21.9 Å². The molecule has 1 heterocycles. The Bertz CT molecular complexity index is 480. The fourth-order valence-electron chi connectivity index (χ4n) is 1.34. The third-order valence-corrected chi connectivity index (χ3v) is 3.75. The van der Waals surface area contributed by atoms with Gasteiger partial charge in [-0.3, -0.25) is 0 Å². The number of rotatable bonds is 3. The van der Waals surface area contributed by atoms with E-state index in [1.807, 2.05) is 0 Å². The van der Waals surface area contributed by atoms with Crippen molar-refractivity contribution < 1.29 is 17.2 Å². The van der Waals surface area contributed by atoms with Gasteiger partial charge in [0.05, 0.1) is 4.90 Å². The summed E-state index contributed by atoms with van der Waals surface area (Å²) in [7, 11) is -3.84. The van der Waals surface area contributed by atoms with Crippen molar-refractivity contribution in [3.05, 3.63) is 29.8 Å². The molecular formula is C9H10F2N2O2S. The molecule has 16 heavy (non-hydrogen) atoms. The molecule has 0 saturated carbocycles. The van der Waals surface area contributed by atoms with Gasteiger partial charge in [-0.05, 0) is 12.1 Å². The highest BCUT2D eigenvalue weighted by molar-refractivity contribution is 7.89. The first-order valence-corrected chi connectivity index (χ1v) is 6.15. The van der Waals surface area contributed by atoms with Crippen LogP contribution in [0.15, 0.2) is 23.1 Å². The molecule has 4 nitrogen and oxygen atoms in total. The summed E-state index contributed by atoms with van der Waals surface area (Å²) in [6.07, 6.45) is 0. The van der Waals surface area contributed by atoms with Crippen LogP contribution in [0.25, 0.3) is 0 Å². The summed E-state index contributed by atoms with van der Waals surface area (Å²) in [5, 5.41) is 2.88. The Morgan fingerprint density at radius 3 is 2.19 bits per heavy atom. The van der Waals surface area contributed by atoms with Crippen molar-refractivity contribution in [2.75, 3.05) is 13.1 Å². The normalized spacial score (nSPS) is 17.1. The first-order valence-electron chi connectivity index (χ1n) is 4.66. The molecular weight excluding hydrogens is 238 g/mol. The van der Waals surface area contributed by atoms with Crippen LogP contribution >= 0.6 is 0 Å². The molecule has 0 atom stereocenters. The predicted octanol–water partition coefficient (Wildman–Crippen LogP) is 0.215. The van der Waals surface area contributed by atoms with Crippen molar-refractivity contribution in [2.45, 2.75) is 10.9 Å². The Hall–Kier alpha value is -1.05. The summed E-state index contributed by atoms with van der Waals surface area (Å²) in [6, 6.07) is 2.00. The number of sulfonamides is 1. The van der Waals surface area contributed by atoms with E-state index in [2.05, 4.69) is 10.0 Å². The van der Waals surface area contributed by atoms with E-state index >= 15 is 0 Å². The Balaban J connectivity index is 2.27. The second-order valence-electron chi connectivity index (χ2n) is 3.58. The van der Waals surface area contributed by atoms with Crippen LogP contribution in [0.5, 0.6) is 0 Å². The maximum atomic E-state index is 12.8. The summed E-state index contributed by atoms with van der Waals surface area (Å²) < 4.78 is 51.4. The lowest BCUT2D eigenvalue weighted by Crippen LogP contribution is -2.56. The lowest BCUT2D eigenvalue weighted by Gasteiger charge is -2.27. The molecule has 0 aliphatic carbocycles. The zero-order valence-electron chi connectivity index (χ0n) is 8.20. The van der Waals surface area contributed by atoms with Crippen LogP contribution in [0.4, 0.5) is 8.78 Å². The zero-order chi connectivity index (χ0) is 11.8. The van der Waals surface area contributed by atoms with Crippen LogP contribution in [-0.4, -0.2) is 27.5 Å². The summed E-state index contributed by atoms with van der Waals surface area (Å²) in [5.74, 6) is -1.82. The molecule has 1 aromatic carbocycles. The molecule has 1 aromatic rings. The minimum atomic E-state index is -3.84. The van der Waals surface area contributed by atoms with Gasteiger partial charge in [0.2, 0.25) is 10.0 Å². The van der Waals surface area contributed by atoms with E-state index in [4.69, 9.17) is 0 Å². The molecule has 0 radical (unpaired) electrons. The van der Waals surface area contributed by atoms with E-state index in [0.717, 1.165) is 12.1 Å². The lowest BCUT2D eigenvalue weighted by molar-refractivity contribution is 0.410. The summed E-state index contributed by atoms with van der Waals surface area (Å²) in [5.41, 5.74) is 0. The smallest absolute Gasteiger partial charge is 0.241 e. The molecule has 0 amide bonds. The van der Waals surface area contributed by atoms with Crippen molar-refractivity contribution in [2.24, 2.45) is 0 Å². The molecule has 0 unspecified atom stereocenters. The third-order valence-electron chi connectivity index (χ3n) is 2.25. The van der Waals surface area contributed by atoms with Gasteiger partial charge in [0.25, 0.3) is 0 Å². The van der Waals surface area contributed by atoms with Crippen molar-refractivity contribution >= 4 is 10.0 Å². The van der Waals surface area contributed by atoms with Crippen molar-refractivity contribution in [1.29, 1.82) is 0 Å². The maximum Gasteiger partial charge on any atom is 0.241 e. The fraction of sp³-hybridized carbons (Fsp3) is 0.333. The van der Waals surface area contributed by atoms with Crippen LogP contribution in [0.3, 0.4) is 0 Å². The number of hydrogen-bond acceptors (Lipinski definition) is 3. The van der Waals surface area contributed by atoms with Crippen LogP contribution < -0.4 is 10.0 Å². The topological polar surface area (TPSA) is 58.2 Å². The molecule has 1 fully saturated rings. The number of benzene rings is 1. The minimum Gasteiger partial charge on any atom is -0.313 e. The fourth-order valence-corrected chi connectivity index (χ4v) is 2.62. The van der Waals surface area contributed by atoms with E-state index in [1.165, 1.54) is 0 Å². The highest BCUT2D eigenvalue weighted by Crippen LogP contribution is 2.14. The first-order chi connectivity index (χ1) is 7.47. The summed E-state index contributed by atoms with van der Waals surface area (Å²) in [4.78, 5) is -0.392. The molecule has 7 heteroatoms. The molecule has 2 rings (SSSR count). The van der Waals surface area contributed by atoms with Gasteiger partial charge in [-0.15, -0.1) is 0 Å². The third kappa shape index (κ3) is 2.37. The monoisotopic (exact) mass is 248 g/mol. The molecule has 88 valence electrons. The quantitative estimate of drug-likeness (QED) is 0.804. The predicted molar refractivity (Wildman–Crippen MR) is 53.3 cm³/mol. The molecule has 1 aliphatic rings. The zero-order valence-corrected chi connectivity index (χ0v) is 9.02. The Morgan fingerprint density at radius 1 is 1.19 bits per heavy atom. The SMILES string of the molecule is O=S(=O)(NC1CNC1)c1cc(F)cc(F)c1. The van der Waals surface area contributed by atoms with E-state index < -0.39 is 26.6 Å². The van der Waals surface area contributed by atoms with Crippen LogP contribution in [0.1, 0.15) is 0 Å². The van der Waals surface area contributed by atoms with Gasteiger partial charge < -0.3 is 5.32 Å².